The topological polar surface area (TPSA) is 87.5 Å². The van der Waals surface area contributed by atoms with Crippen LogP contribution >= 0.6 is 9.24 Å². The molecule has 1 fully saturated rings. The number of fused-ring (bicyclic) bond motifs is 1. The molecule has 0 saturated heterocycles. The normalized spacial score (nSPS) is 20.7. The predicted octanol–water partition coefficient (Wildman–Crippen LogP) is 7.34. The maximum atomic E-state index is 12.0. The number of hydrogen-bond acceptors (Lipinski definition) is 7. The van der Waals surface area contributed by atoms with Crippen molar-refractivity contribution in [2.75, 3.05) is 25.5 Å². The molecule has 2 atom stereocenters. The molecule has 3 aromatic rings. The first-order valence-corrected chi connectivity index (χ1v) is 16.4. The molecule has 2 aromatic carbocycles. The largest absolute Gasteiger partial charge is 0.488 e. The minimum atomic E-state index is -0.260. The molecule has 1 saturated carbocycles. The Morgan fingerprint density at radius 2 is 1.96 bits per heavy atom. The Morgan fingerprint density at radius 3 is 2.64 bits per heavy atom. The van der Waals surface area contributed by atoms with Crippen LogP contribution < -0.4 is 10.1 Å². The Kier molecular flexibility index (Phi) is 10.1. The van der Waals surface area contributed by atoms with Gasteiger partial charge in [0.25, 0.3) is 0 Å². The minimum absolute atomic E-state index is 0.0536. The van der Waals surface area contributed by atoms with Gasteiger partial charge in [0.05, 0.1) is 18.4 Å². The lowest BCUT2D eigenvalue weighted by atomic mass is 9.74. The third-order valence-electron chi connectivity index (χ3n) is 9.42. The number of aromatic nitrogens is 1. The number of carbonyl (C=O) groups excluding carboxylic acids is 1. The van der Waals surface area contributed by atoms with Gasteiger partial charge >= 0.3 is 0 Å². The lowest BCUT2D eigenvalue weighted by molar-refractivity contribution is -0.113. The van der Waals surface area contributed by atoms with Crippen molar-refractivity contribution in [3.63, 3.8) is 0 Å². The number of allylic oxidation sites excluding steroid dienone is 1. The maximum absolute atomic E-state index is 12.0. The van der Waals surface area contributed by atoms with E-state index in [1.54, 1.807) is 0 Å². The molecule has 2 aliphatic rings. The van der Waals surface area contributed by atoms with Gasteiger partial charge in [-0.1, -0.05) is 50.2 Å². The number of para-hydroxylation sites is 1. The SMILES string of the molecule is CO/C(Nc1cccc(C(C)c2cccc(C)c2OCc2ccc3c(c2C)CCN(CC2CC(C)(P)C2)C3)n1)=C(/C=N)C(C)=O. The zero-order valence-electron chi connectivity index (χ0n) is 27.5. The van der Waals surface area contributed by atoms with E-state index in [0.29, 0.717) is 17.6 Å². The number of ketones is 1. The van der Waals surface area contributed by atoms with Crippen molar-refractivity contribution in [3.8, 4) is 5.75 Å². The summed E-state index contributed by atoms with van der Waals surface area (Å²) >= 11 is 0. The lowest BCUT2D eigenvalue weighted by Gasteiger charge is -2.45. The van der Waals surface area contributed by atoms with Crippen LogP contribution in [-0.2, 0) is 29.1 Å². The molecule has 2 N–H and O–H groups in total. The van der Waals surface area contributed by atoms with Crippen LogP contribution in [0.2, 0.25) is 0 Å². The second kappa shape index (κ2) is 13.8. The second-order valence-corrected chi connectivity index (χ2v) is 14.5. The summed E-state index contributed by atoms with van der Waals surface area (Å²) in [5.41, 5.74) is 8.69. The van der Waals surface area contributed by atoms with Gasteiger partial charge in [0, 0.05) is 37.3 Å². The Morgan fingerprint density at radius 1 is 1.20 bits per heavy atom. The van der Waals surface area contributed by atoms with E-state index in [1.165, 1.54) is 55.7 Å². The molecule has 7 nitrogen and oxygen atoms in total. The highest BCUT2D eigenvalue weighted by atomic mass is 31.0. The maximum Gasteiger partial charge on any atom is 0.204 e. The average molecular weight is 627 g/mol. The van der Waals surface area contributed by atoms with Crippen LogP contribution in [0.4, 0.5) is 5.82 Å². The van der Waals surface area contributed by atoms with E-state index in [9.17, 15) is 4.79 Å². The number of methoxy groups -OCH3 is 1. The van der Waals surface area contributed by atoms with Crippen LogP contribution in [0.1, 0.15) is 78.6 Å². The van der Waals surface area contributed by atoms with E-state index in [0.717, 1.165) is 54.2 Å². The number of benzene rings is 2. The summed E-state index contributed by atoms with van der Waals surface area (Å²) in [7, 11) is 4.50. The third kappa shape index (κ3) is 7.48. The number of nitrogens with one attached hydrogen (secondary N) is 2. The highest BCUT2D eigenvalue weighted by molar-refractivity contribution is 7.19. The zero-order valence-corrected chi connectivity index (χ0v) is 28.7. The van der Waals surface area contributed by atoms with Gasteiger partial charge in [0.1, 0.15) is 18.2 Å². The zero-order chi connectivity index (χ0) is 32.3. The van der Waals surface area contributed by atoms with Crippen molar-refractivity contribution in [1.82, 2.24) is 9.88 Å². The van der Waals surface area contributed by atoms with E-state index < -0.39 is 0 Å². The molecule has 45 heavy (non-hydrogen) atoms. The molecule has 1 aliphatic heterocycles. The van der Waals surface area contributed by atoms with Crippen LogP contribution in [0.3, 0.4) is 0 Å². The molecular formula is C37H47N4O3P. The summed E-state index contributed by atoms with van der Waals surface area (Å²) in [6.07, 6.45) is 4.71. The van der Waals surface area contributed by atoms with Crippen molar-refractivity contribution < 1.29 is 14.3 Å². The van der Waals surface area contributed by atoms with Crippen LogP contribution in [0.15, 0.2) is 60.0 Å². The van der Waals surface area contributed by atoms with Crippen LogP contribution in [0.25, 0.3) is 0 Å². The van der Waals surface area contributed by atoms with Crippen LogP contribution in [-0.4, -0.2) is 47.2 Å². The van der Waals surface area contributed by atoms with E-state index in [4.69, 9.17) is 19.9 Å². The van der Waals surface area contributed by atoms with Crippen molar-refractivity contribution in [2.45, 2.75) is 78.1 Å². The molecule has 1 aliphatic carbocycles. The third-order valence-corrected chi connectivity index (χ3v) is 9.89. The molecule has 0 bridgehead atoms. The first-order valence-electron chi connectivity index (χ1n) is 15.9. The van der Waals surface area contributed by atoms with Gasteiger partial charge in [-0.25, -0.2) is 4.98 Å². The molecule has 8 heteroatoms. The first-order chi connectivity index (χ1) is 21.5. The molecular weight excluding hydrogens is 579 g/mol. The number of hydrogen-bond donors (Lipinski definition) is 2. The summed E-state index contributed by atoms with van der Waals surface area (Å²) in [6.45, 7) is 14.1. The Hall–Kier alpha value is -3.54. The number of carbonyl (C=O) groups is 1. The van der Waals surface area contributed by atoms with Gasteiger partial charge < -0.3 is 20.2 Å². The molecule has 0 spiro atoms. The summed E-state index contributed by atoms with van der Waals surface area (Å²) in [5, 5.41) is 11.1. The number of pyridine rings is 1. The Balaban J connectivity index is 1.30. The fourth-order valence-electron chi connectivity index (χ4n) is 6.97. The van der Waals surface area contributed by atoms with Gasteiger partial charge in [-0.15, -0.1) is 9.24 Å². The molecule has 2 unspecified atom stereocenters. The minimum Gasteiger partial charge on any atom is -0.488 e. The number of nitrogens with zero attached hydrogens (tertiary/aromatic N) is 2. The fourth-order valence-corrected chi connectivity index (χ4v) is 7.64. The van der Waals surface area contributed by atoms with E-state index in [1.807, 2.05) is 18.2 Å². The number of Topliss-reactive ketones (excluding diaryl/α,β-unsaturated/α-hetero) is 1. The summed E-state index contributed by atoms with van der Waals surface area (Å²) in [5.74, 6) is 2.13. The van der Waals surface area contributed by atoms with E-state index in [-0.39, 0.29) is 23.2 Å². The van der Waals surface area contributed by atoms with Gasteiger partial charge in [0.15, 0.2) is 5.78 Å². The van der Waals surface area contributed by atoms with Gasteiger partial charge in [-0.05, 0) is 91.1 Å². The molecule has 0 radical (unpaired) electrons. The Bertz CT molecular complexity index is 1610. The highest BCUT2D eigenvalue weighted by Crippen LogP contribution is 2.45. The number of anilines is 1. The molecule has 1 aromatic heterocycles. The molecule has 5 rings (SSSR count). The first kappa shape index (κ1) is 32.8. The number of ether oxygens (including phenoxy) is 2. The predicted molar refractivity (Wildman–Crippen MR) is 185 cm³/mol. The summed E-state index contributed by atoms with van der Waals surface area (Å²) < 4.78 is 12.0. The number of aryl methyl sites for hydroxylation is 1. The van der Waals surface area contributed by atoms with Gasteiger partial charge in [-0.3, -0.25) is 9.69 Å². The smallest absolute Gasteiger partial charge is 0.204 e. The van der Waals surface area contributed by atoms with Crippen LogP contribution in [0, 0.1) is 25.2 Å². The fraction of sp³-hybridized carbons (Fsp3) is 0.432. The molecule has 0 amide bonds. The van der Waals surface area contributed by atoms with Crippen molar-refractivity contribution in [3.05, 3.63) is 99.1 Å². The lowest BCUT2D eigenvalue weighted by Crippen LogP contribution is -2.43. The van der Waals surface area contributed by atoms with Crippen molar-refractivity contribution in [2.24, 2.45) is 5.92 Å². The molecule has 238 valence electrons. The summed E-state index contributed by atoms with van der Waals surface area (Å²) in [4.78, 5) is 19.4. The average Bonchev–Trinajstić information content (AvgIpc) is 2.99. The van der Waals surface area contributed by atoms with Gasteiger partial charge in [0.2, 0.25) is 5.88 Å². The van der Waals surface area contributed by atoms with Gasteiger partial charge in [-0.2, -0.15) is 0 Å². The van der Waals surface area contributed by atoms with E-state index in [2.05, 4.69) is 77.5 Å². The quantitative estimate of drug-likeness (QED) is 0.0947. The van der Waals surface area contributed by atoms with Crippen LogP contribution in [0.5, 0.6) is 5.75 Å². The molecule has 2 heterocycles. The van der Waals surface area contributed by atoms with E-state index >= 15 is 0 Å². The standard InChI is InChI=1S/C37H47N4O3P/c1-23-9-7-10-31(25(3)33-11-8-12-34(39-33)40-36(43-6)32(19-38)26(4)42)35(23)44-22-29-14-13-28-21-41(16-15-30(28)24(29)2)20-27-17-37(5,45)18-27/h7-14,19,25,27,38H,15-18,20-22,45H2,1-6H3,(H,39,40)/b36-32-,38-19?. The number of rotatable bonds is 12. The second-order valence-electron chi connectivity index (χ2n) is 13.1. The monoisotopic (exact) mass is 626 g/mol. The Labute approximate surface area is 270 Å². The summed E-state index contributed by atoms with van der Waals surface area (Å²) in [6, 6.07) is 16.5. The highest BCUT2D eigenvalue weighted by Gasteiger charge is 2.37. The van der Waals surface area contributed by atoms with Crippen molar-refractivity contribution in [1.29, 1.82) is 5.41 Å². The van der Waals surface area contributed by atoms with Crippen molar-refractivity contribution >= 4 is 27.1 Å².